The van der Waals surface area contributed by atoms with Crippen molar-refractivity contribution in [3.05, 3.63) is 23.9 Å². The molecule has 2 heterocycles. The van der Waals surface area contributed by atoms with Gasteiger partial charge in [0.05, 0.1) is 6.04 Å². The van der Waals surface area contributed by atoms with Crippen LogP contribution in [0.15, 0.2) is 18.3 Å². The molecule has 22 heavy (non-hydrogen) atoms. The molecule has 1 aromatic heterocycles. The number of nitrogens with two attached hydrogens (primary N) is 1. The lowest BCUT2D eigenvalue weighted by Crippen LogP contribution is -2.40. The fourth-order valence-electron chi connectivity index (χ4n) is 2.77. The van der Waals surface area contributed by atoms with Gasteiger partial charge < -0.3 is 16.0 Å². The molecular formula is C17H28N4O. The van der Waals surface area contributed by atoms with Gasteiger partial charge in [-0.05, 0) is 30.9 Å². The molecule has 1 aromatic rings. The number of aromatic nitrogens is 1. The van der Waals surface area contributed by atoms with Crippen LogP contribution in [0.1, 0.15) is 51.0 Å². The molecule has 1 aliphatic rings. The molecule has 5 nitrogen and oxygen atoms in total. The van der Waals surface area contributed by atoms with Crippen LogP contribution in [-0.2, 0) is 11.3 Å². The molecule has 1 saturated heterocycles. The van der Waals surface area contributed by atoms with Gasteiger partial charge in [0, 0.05) is 25.8 Å². The average Bonchev–Trinajstić information content (AvgIpc) is 2.82. The van der Waals surface area contributed by atoms with Gasteiger partial charge in [0.2, 0.25) is 5.91 Å². The van der Waals surface area contributed by atoms with Crippen LogP contribution >= 0.6 is 0 Å². The van der Waals surface area contributed by atoms with Gasteiger partial charge in [0.15, 0.2) is 0 Å². The first kappa shape index (κ1) is 16.7. The van der Waals surface area contributed by atoms with Crippen molar-refractivity contribution in [2.45, 2.75) is 58.0 Å². The zero-order chi connectivity index (χ0) is 15.8. The van der Waals surface area contributed by atoms with E-state index in [2.05, 4.69) is 21.3 Å². The van der Waals surface area contributed by atoms with Gasteiger partial charge in [-0.1, -0.05) is 32.3 Å². The minimum Gasteiger partial charge on any atom is -0.357 e. The maximum atomic E-state index is 11.8. The van der Waals surface area contributed by atoms with E-state index >= 15 is 0 Å². The number of carbonyl (C=O) groups is 1. The van der Waals surface area contributed by atoms with Crippen LogP contribution < -0.4 is 16.0 Å². The highest BCUT2D eigenvalue weighted by Crippen LogP contribution is 2.17. The van der Waals surface area contributed by atoms with Crippen molar-refractivity contribution in [2.75, 3.05) is 18.0 Å². The van der Waals surface area contributed by atoms with E-state index in [1.807, 2.05) is 19.2 Å². The SMILES string of the molecule is CCCC(N)C(=O)NCc1ccc(N2CCCCCC2)nc1. The van der Waals surface area contributed by atoms with E-state index in [4.69, 9.17) is 5.73 Å². The van der Waals surface area contributed by atoms with Crippen molar-refractivity contribution in [1.82, 2.24) is 10.3 Å². The number of nitrogens with zero attached hydrogens (tertiary/aromatic N) is 2. The fraction of sp³-hybridized carbons (Fsp3) is 0.647. The van der Waals surface area contributed by atoms with E-state index in [9.17, 15) is 4.79 Å². The van der Waals surface area contributed by atoms with Crippen LogP contribution in [-0.4, -0.2) is 30.0 Å². The first-order chi connectivity index (χ1) is 10.7. The standard InChI is InChI=1S/C17H28N4O/c1-2-7-15(18)17(22)20-13-14-8-9-16(19-12-14)21-10-5-3-4-6-11-21/h8-9,12,15H,2-7,10-11,13,18H2,1H3,(H,20,22). The van der Waals surface area contributed by atoms with E-state index in [0.29, 0.717) is 6.54 Å². The molecule has 0 radical (unpaired) electrons. The zero-order valence-corrected chi connectivity index (χ0v) is 13.6. The summed E-state index contributed by atoms with van der Waals surface area (Å²) in [6, 6.07) is 3.69. The summed E-state index contributed by atoms with van der Waals surface area (Å²) in [6.07, 6.45) is 8.62. The van der Waals surface area contributed by atoms with Crippen LogP contribution in [0.25, 0.3) is 0 Å². The maximum Gasteiger partial charge on any atom is 0.237 e. The predicted octanol–water partition coefficient (Wildman–Crippen LogP) is 2.21. The molecule has 0 aliphatic carbocycles. The highest BCUT2D eigenvalue weighted by atomic mass is 16.2. The molecule has 0 saturated carbocycles. The van der Waals surface area contributed by atoms with Crippen LogP contribution in [0.4, 0.5) is 5.82 Å². The predicted molar refractivity (Wildman–Crippen MR) is 89.6 cm³/mol. The molecule has 0 aromatic carbocycles. The Hall–Kier alpha value is -1.62. The number of hydrogen-bond donors (Lipinski definition) is 2. The maximum absolute atomic E-state index is 11.8. The highest BCUT2D eigenvalue weighted by Gasteiger charge is 2.13. The summed E-state index contributed by atoms with van der Waals surface area (Å²) in [5.74, 6) is 0.957. The summed E-state index contributed by atoms with van der Waals surface area (Å²) < 4.78 is 0. The number of hydrogen-bond acceptors (Lipinski definition) is 4. The normalized spacial score (nSPS) is 16.9. The summed E-state index contributed by atoms with van der Waals surface area (Å²) >= 11 is 0. The summed E-state index contributed by atoms with van der Waals surface area (Å²) in [4.78, 5) is 18.7. The van der Waals surface area contributed by atoms with Crippen LogP contribution in [0.5, 0.6) is 0 Å². The van der Waals surface area contributed by atoms with Gasteiger partial charge in [-0.25, -0.2) is 4.98 Å². The second kappa shape index (κ2) is 8.73. The number of rotatable bonds is 6. The van der Waals surface area contributed by atoms with Crippen LogP contribution in [0.3, 0.4) is 0 Å². The Bertz CT molecular complexity index is 452. The zero-order valence-electron chi connectivity index (χ0n) is 13.6. The molecule has 1 unspecified atom stereocenters. The third-order valence-electron chi connectivity index (χ3n) is 4.14. The molecule has 2 rings (SSSR count). The van der Waals surface area contributed by atoms with Gasteiger partial charge in [0.1, 0.15) is 5.82 Å². The summed E-state index contributed by atoms with van der Waals surface area (Å²) in [6.45, 7) is 4.70. The van der Waals surface area contributed by atoms with Crippen molar-refractivity contribution < 1.29 is 4.79 Å². The highest BCUT2D eigenvalue weighted by molar-refractivity contribution is 5.81. The van der Waals surface area contributed by atoms with Gasteiger partial charge in [0.25, 0.3) is 0 Å². The summed E-state index contributed by atoms with van der Waals surface area (Å²) in [7, 11) is 0. The Kier molecular flexibility index (Phi) is 6.65. The van der Waals surface area contributed by atoms with Gasteiger partial charge in [-0.3, -0.25) is 4.79 Å². The molecule has 1 atom stereocenters. The molecule has 1 amide bonds. The number of pyridine rings is 1. The van der Waals surface area contributed by atoms with E-state index in [1.54, 1.807) is 0 Å². The molecule has 3 N–H and O–H groups in total. The van der Waals surface area contributed by atoms with Crippen LogP contribution in [0.2, 0.25) is 0 Å². The lowest BCUT2D eigenvalue weighted by atomic mass is 10.1. The smallest absolute Gasteiger partial charge is 0.237 e. The topological polar surface area (TPSA) is 71.2 Å². The summed E-state index contributed by atoms with van der Waals surface area (Å²) in [5.41, 5.74) is 6.80. The quantitative estimate of drug-likeness (QED) is 0.845. The Balaban J connectivity index is 1.85. The third kappa shape index (κ3) is 4.98. The van der Waals surface area contributed by atoms with E-state index < -0.39 is 6.04 Å². The van der Waals surface area contributed by atoms with Crippen molar-refractivity contribution in [1.29, 1.82) is 0 Å². The van der Waals surface area contributed by atoms with Crippen molar-refractivity contribution in [2.24, 2.45) is 5.73 Å². The Labute approximate surface area is 133 Å². The molecule has 1 aliphatic heterocycles. The number of nitrogens with one attached hydrogen (secondary N) is 1. The fourth-order valence-corrected chi connectivity index (χ4v) is 2.77. The molecule has 1 fully saturated rings. The number of carbonyl (C=O) groups excluding carboxylic acids is 1. The molecular weight excluding hydrogens is 276 g/mol. The second-order valence-corrected chi connectivity index (χ2v) is 6.04. The van der Waals surface area contributed by atoms with E-state index in [1.165, 1.54) is 25.7 Å². The lowest BCUT2D eigenvalue weighted by molar-refractivity contribution is -0.122. The molecule has 5 heteroatoms. The second-order valence-electron chi connectivity index (χ2n) is 6.04. The Morgan fingerprint density at radius 3 is 2.64 bits per heavy atom. The van der Waals surface area contributed by atoms with Crippen LogP contribution in [0, 0.1) is 0 Å². The van der Waals surface area contributed by atoms with E-state index in [0.717, 1.165) is 37.3 Å². The average molecular weight is 304 g/mol. The Morgan fingerprint density at radius 1 is 1.32 bits per heavy atom. The molecule has 122 valence electrons. The minimum absolute atomic E-state index is 0.0848. The number of amides is 1. The van der Waals surface area contributed by atoms with Crippen molar-refractivity contribution >= 4 is 11.7 Å². The minimum atomic E-state index is -0.408. The van der Waals surface area contributed by atoms with Gasteiger partial charge >= 0.3 is 0 Å². The largest absolute Gasteiger partial charge is 0.357 e. The van der Waals surface area contributed by atoms with Gasteiger partial charge in [-0.15, -0.1) is 0 Å². The number of anilines is 1. The lowest BCUT2D eigenvalue weighted by Gasteiger charge is -2.21. The van der Waals surface area contributed by atoms with Gasteiger partial charge in [-0.2, -0.15) is 0 Å². The first-order valence-electron chi connectivity index (χ1n) is 8.44. The molecule has 0 spiro atoms. The Morgan fingerprint density at radius 2 is 2.05 bits per heavy atom. The van der Waals surface area contributed by atoms with Crippen molar-refractivity contribution in [3.63, 3.8) is 0 Å². The summed E-state index contributed by atoms with van der Waals surface area (Å²) in [5, 5.41) is 2.87. The monoisotopic (exact) mass is 304 g/mol. The molecule has 0 bridgehead atoms. The first-order valence-corrected chi connectivity index (χ1v) is 8.44. The van der Waals surface area contributed by atoms with E-state index in [-0.39, 0.29) is 5.91 Å². The third-order valence-corrected chi connectivity index (χ3v) is 4.14. The van der Waals surface area contributed by atoms with Crippen molar-refractivity contribution in [3.8, 4) is 0 Å².